The summed E-state index contributed by atoms with van der Waals surface area (Å²) < 4.78 is 40.0. The number of para-hydroxylation sites is 1. The molecule has 3 rings (SSSR count). The van der Waals surface area contributed by atoms with Gasteiger partial charge in [0, 0.05) is 13.1 Å². The number of hydrogen-bond donors (Lipinski definition) is 0. The molecule has 1 fully saturated rings. The summed E-state index contributed by atoms with van der Waals surface area (Å²) in [6.07, 6.45) is 0. The highest BCUT2D eigenvalue weighted by Crippen LogP contribution is 2.28. The highest BCUT2D eigenvalue weighted by molar-refractivity contribution is 5.78. The SMILES string of the molecule is CN(CC(=O)N1CCOCC1)Cc1nc(-c2ccccc2OC(F)F)no1. The second kappa shape index (κ2) is 8.87. The molecule has 0 unspecified atom stereocenters. The standard InChI is InChI=1S/C17H20F2N4O4/c1-22(11-15(24)23-6-8-25-9-7-23)10-14-20-16(21-27-14)12-4-2-3-5-13(12)26-17(18)19/h2-5,17H,6-11H2,1H3. The van der Waals surface area contributed by atoms with Crippen molar-refractivity contribution in [3.63, 3.8) is 0 Å². The molecule has 0 saturated carbocycles. The van der Waals surface area contributed by atoms with E-state index in [1.807, 2.05) is 0 Å². The molecule has 8 nitrogen and oxygen atoms in total. The van der Waals surface area contributed by atoms with Crippen LogP contribution in [0.4, 0.5) is 8.78 Å². The maximum Gasteiger partial charge on any atom is 0.387 e. The van der Waals surface area contributed by atoms with E-state index < -0.39 is 6.61 Å². The van der Waals surface area contributed by atoms with Crippen LogP contribution in [0.15, 0.2) is 28.8 Å². The van der Waals surface area contributed by atoms with E-state index in [1.54, 1.807) is 35.0 Å². The fraction of sp³-hybridized carbons (Fsp3) is 0.471. The summed E-state index contributed by atoms with van der Waals surface area (Å²) in [6.45, 7) is -0.249. The first-order valence-electron chi connectivity index (χ1n) is 8.44. The lowest BCUT2D eigenvalue weighted by atomic mass is 10.2. The van der Waals surface area contributed by atoms with E-state index in [1.165, 1.54) is 6.07 Å². The number of likely N-dealkylation sites (N-methyl/N-ethyl adjacent to an activating group) is 1. The Hall–Kier alpha value is -2.59. The first-order chi connectivity index (χ1) is 13.0. The van der Waals surface area contributed by atoms with Crippen molar-refractivity contribution in [2.45, 2.75) is 13.2 Å². The molecule has 0 spiro atoms. The highest BCUT2D eigenvalue weighted by atomic mass is 19.3. The third-order valence-corrected chi connectivity index (χ3v) is 3.99. The van der Waals surface area contributed by atoms with Gasteiger partial charge in [-0.15, -0.1) is 0 Å². The van der Waals surface area contributed by atoms with E-state index in [0.29, 0.717) is 31.9 Å². The van der Waals surface area contributed by atoms with E-state index in [4.69, 9.17) is 9.26 Å². The van der Waals surface area contributed by atoms with Crippen molar-refractivity contribution >= 4 is 5.91 Å². The van der Waals surface area contributed by atoms with E-state index in [9.17, 15) is 13.6 Å². The molecule has 146 valence electrons. The molecule has 1 aliphatic heterocycles. The fourth-order valence-corrected chi connectivity index (χ4v) is 2.71. The zero-order chi connectivity index (χ0) is 19.2. The first-order valence-corrected chi connectivity index (χ1v) is 8.44. The zero-order valence-electron chi connectivity index (χ0n) is 14.8. The Bertz CT molecular complexity index is 765. The van der Waals surface area contributed by atoms with Crippen molar-refractivity contribution in [2.75, 3.05) is 39.9 Å². The fourth-order valence-electron chi connectivity index (χ4n) is 2.71. The molecule has 1 aromatic carbocycles. The van der Waals surface area contributed by atoms with Crippen LogP contribution in [-0.4, -0.2) is 72.4 Å². The predicted octanol–water partition coefficient (Wildman–Crippen LogP) is 1.63. The Kier molecular flexibility index (Phi) is 6.30. The molecule has 0 aliphatic carbocycles. The van der Waals surface area contributed by atoms with E-state index >= 15 is 0 Å². The van der Waals surface area contributed by atoms with Crippen molar-refractivity contribution in [1.29, 1.82) is 0 Å². The van der Waals surface area contributed by atoms with Gasteiger partial charge in [0.15, 0.2) is 0 Å². The molecule has 0 radical (unpaired) electrons. The van der Waals surface area contributed by atoms with Gasteiger partial charge < -0.3 is 18.9 Å². The van der Waals surface area contributed by atoms with Crippen LogP contribution < -0.4 is 4.74 Å². The van der Waals surface area contributed by atoms with Crippen LogP contribution in [0.5, 0.6) is 5.75 Å². The summed E-state index contributed by atoms with van der Waals surface area (Å²) in [7, 11) is 1.76. The molecule has 2 heterocycles. The topological polar surface area (TPSA) is 80.9 Å². The Morgan fingerprint density at radius 1 is 1.33 bits per heavy atom. The quantitative estimate of drug-likeness (QED) is 0.720. The lowest BCUT2D eigenvalue weighted by Gasteiger charge is -2.28. The monoisotopic (exact) mass is 382 g/mol. The number of rotatable bonds is 7. The van der Waals surface area contributed by atoms with Crippen LogP contribution in [0.2, 0.25) is 0 Å². The van der Waals surface area contributed by atoms with Gasteiger partial charge >= 0.3 is 6.61 Å². The van der Waals surface area contributed by atoms with Gasteiger partial charge in [-0.25, -0.2) is 0 Å². The summed E-state index contributed by atoms with van der Waals surface area (Å²) in [5.74, 6) is 0.384. The van der Waals surface area contributed by atoms with Crippen molar-refractivity contribution in [3.05, 3.63) is 30.2 Å². The van der Waals surface area contributed by atoms with Gasteiger partial charge in [-0.05, 0) is 19.2 Å². The number of ether oxygens (including phenoxy) is 2. The molecular weight excluding hydrogens is 362 g/mol. The Morgan fingerprint density at radius 3 is 2.81 bits per heavy atom. The van der Waals surface area contributed by atoms with Crippen LogP contribution in [0.1, 0.15) is 5.89 Å². The Morgan fingerprint density at radius 2 is 2.07 bits per heavy atom. The molecule has 0 bridgehead atoms. The molecule has 0 atom stereocenters. The lowest BCUT2D eigenvalue weighted by Crippen LogP contribution is -2.44. The molecule has 1 saturated heterocycles. The third-order valence-electron chi connectivity index (χ3n) is 3.99. The average Bonchev–Trinajstić information content (AvgIpc) is 3.10. The molecular formula is C17H20F2N4O4. The van der Waals surface area contributed by atoms with Gasteiger partial charge in [0.05, 0.1) is 31.9 Å². The normalized spacial score (nSPS) is 14.8. The van der Waals surface area contributed by atoms with Gasteiger partial charge in [0.1, 0.15) is 5.75 Å². The Balaban J connectivity index is 1.61. The van der Waals surface area contributed by atoms with Crippen LogP contribution >= 0.6 is 0 Å². The number of benzene rings is 1. The number of alkyl halides is 2. The minimum Gasteiger partial charge on any atom is -0.434 e. The van der Waals surface area contributed by atoms with Gasteiger partial charge in [-0.3, -0.25) is 9.69 Å². The summed E-state index contributed by atoms with van der Waals surface area (Å²) >= 11 is 0. The molecule has 2 aromatic rings. The van der Waals surface area contributed by atoms with Crippen LogP contribution in [-0.2, 0) is 16.1 Å². The predicted molar refractivity (Wildman–Crippen MR) is 90.1 cm³/mol. The lowest BCUT2D eigenvalue weighted by molar-refractivity contribution is -0.136. The number of aromatic nitrogens is 2. The van der Waals surface area contributed by atoms with Gasteiger partial charge in [-0.2, -0.15) is 13.8 Å². The minimum atomic E-state index is -2.95. The number of hydrogen-bond acceptors (Lipinski definition) is 7. The second-order valence-electron chi connectivity index (χ2n) is 6.05. The summed E-state index contributed by atoms with van der Waals surface area (Å²) in [5, 5.41) is 3.83. The molecule has 1 amide bonds. The summed E-state index contributed by atoms with van der Waals surface area (Å²) in [6, 6.07) is 6.21. The number of morpholine rings is 1. The molecule has 1 aromatic heterocycles. The Labute approximate surface area is 154 Å². The summed E-state index contributed by atoms with van der Waals surface area (Å²) in [4.78, 5) is 20.0. The third kappa shape index (κ3) is 5.20. The summed E-state index contributed by atoms with van der Waals surface area (Å²) in [5.41, 5.74) is 0.305. The van der Waals surface area contributed by atoms with Crippen LogP contribution in [0.3, 0.4) is 0 Å². The minimum absolute atomic E-state index is 0.00350. The molecule has 0 N–H and O–H groups in total. The average molecular weight is 382 g/mol. The van der Waals surface area contributed by atoms with Crippen molar-refractivity contribution < 1.29 is 27.6 Å². The highest BCUT2D eigenvalue weighted by Gasteiger charge is 2.20. The number of carbonyl (C=O) groups is 1. The van der Waals surface area contributed by atoms with Gasteiger partial charge in [0.25, 0.3) is 0 Å². The number of amides is 1. The molecule has 1 aliphatic rings. The maximum atomic E-state index is 12.5. The molecule has 10 heteroatoms. The second-order valence-corrected chi connectivity index (χ2v) is 6.05. The molecule has 27 heavy (non-hydrogen) atoms. The van der Waals surface area contributed by atoms with E-state index in [-0.39, 0.29) is 36.5 Å². The zero-order valence-corrected chi connectivity index (χ0v) is 14.8. The van der Waals surface area contributed by atoms with Gasteiger partial charge in [0.2, 0.25) is 17.6 Å². The van der Waals surface area contributed by atoms with Gasteiger partial charge in [-0.1, -0.05) is 17.3 Å². The van der Waals surface area contributed by atoms with Crippen molar-refractivity contribution in [2.24, 2.45) is 0 Å². The maximum absolute atomic E-state index is 12.5. The first kappa shape index (κ1) is 19.2. The van der Waals surface area contributed by atoms with E-state index in [2.05, 4.69) is 14.9 Å². The largest absolute Gasteiger partial charge is 0.434 e. The van der Waals surface area contributed by atoms with Crippen molar-refractivity contribution in [3.8, 4) is 17.1 Å². The van der Waals surface area contributed by atoms with Crippen molar-refractivity contribution in [1.82, 2.24) is 19.9 Å². The van der Waals surface area contributed by atoms with Crippen LogP contribution in [0, 0.1) is 0 Å². The number of halogens is 2. The smallest absolute Gasteiger partial charge is 0.387 e. The van der Waals surface area contributed by atoms with E-state index in [0.717, 1.165) is 0 Å². The number of nitrogens with zero attached hydrogens (tertiary/aromatic N) is 4. The van der Waals surface area contributed by atoms with Crippen LogP contribution in [0.25, 0.3) is 11.4 Å². The number of carbonyl (C=O) groups excluding carboxylic acids is 1.